The van der Waals surface area contributed by atoms with Crippen molar-refractivity contribution in [1.29, 1.82) is 0 Å². The highest BCUT2D eigenvalue weighted by Crippen LogP contribution is 2.33. The third-order valence-corrected chi connectivity index (χ3v) is 4.25. The Balaban J connectivity index is 1.91. The van der Waals surface area contributed by atoms with Crippen LogP contribution in [-0.4, -0.2) is 23.4 Å². The molecule has 0 aliphatic carbocycles. The molecule has 0 saturated heterocycles. The van der Waals surface area contributed by atoms with Crippen molar-refractivity contribution in [3.8, 4) is 23.0 Å². The Hall–Kier alpha value is -2.36. The number of hydrogen-bond acceptors (Lipinski definition) is 4. The van der Waals surface area contributed by atoms with Gasteiger partial charge in [-0.1, -0.05) is 53.7 Å². The third kappa shape index (κ3) is 5.07. The minimum Gasteiger partial charge on any atom is -0.504 e. The fourth-order valence-corrected chi connectivity index (χ4v) is 2.52. The van der Waals surface area contributed by atoms with Gasteiger partial charge in [0, 0.05) is 0 Å². The van der Waals surface area contributed by atoms with E-state index in [4.69, 9.17) is 9.47 Å². The van der Waals surface area contributed by atoms with Gasteiger partial charge < -0.3 is 19.7 Å². The van der Waals surface area contributed by atoms with Crippen LogP contribution in [-0.2, 0) is 10.8 Å². The highest BCUT2D eigenvalue weighted by atomic mass is 16.5. The molecule has 0 heterocycles. The summed E-state index contributed by atoms with van der Waals surface area (Å²) in [6.45, 7) is 13.1. The lowest BCUT2D eigenvalue weighted by Gasteiger charge is -2.20. The number of benzene rings is 2. The Morgan fingerprint density at radius 1 is 0.654 bits per heavy atom. The van der Waals surface area contributed by atoms with Crippen molar-refractivity contribution in [2.75, 3.05) is 13.2 Å². The zero-order valence-corrected chi connectivity index (χ0v) is 16.6. The number of ether oxygens (including phenoxy) is 2. The van der Waals surface area contributed by atoms with E-state index in [1.54, 1.807) is 24.3 Å². The van der Waals surface area contributed by atoms with Crippen LogP contribution in [0.1, 0.15) is 52.7 Å². The summed E-state index contributed by atoms with van der Waals surface area (Å²) in [5.41, 5.74) is 2.02. The number of aromatic hydroxyl groups is 2. The van der Waals surface area contributed by atoms with Gasteiger partial charge in [0.1, 0.15) is 13.2 Å². The zero-order chi connectivity index (χ0) is 19.5. The van der Waals surface area contributed by atoms with Crippen molar-refractivity contribution in [1.82, 2.24) is 0 Å². The second-order valence-electron chi connectivity index (χ2n) is 8.56. The number of rotatable bonds is 5. The summed E-state index contributed by atoms with van der Waals surface area (Å²) in [4.78, 5) is 0. The molecule has 0 saturated carbocycles. The van der Waals surface area contributed by atoms with Crippen LogP contribution >= 0.6 is 0 Å². The zero-order valence-electron chi connectivity index (χ0n) is 16.6. The molecular formula is C22H30O4. The molecule has 2 aromatic rings. The van der Waals surface area contributed by atoms with Crippen molar-refractivity contribution in [3.05, 3.63) is 47.5 Å². The van der Waals surface area contributed by atoms with Gasteiger partial charge in [-0.15, -0.1) is 0 Å². The van der Waals surface area contributed by atoms with E-state index in [9.17, 15) is 10.2 Å². The van der Waals surface area contributed by atoms with Crippen molar-refractivity contribution in [2.45, 2.75) is 52.4 Å². The average Bonchev–Trinajstić information content (AvgIpc) is 2.52. The first-order valence-electron chi connectivity index (χ1n) is 8.91. The predicted molar refractivity (Wildman–Crippen MR) is 105 cm³/mol. The minimum absolute atomic E-state index is 0.0319. The quantitative estimate of drug-likeness (QED) is 0.726. The summed E-state index contributed by atoms with van der Waals surface area (Å²) < 4.78 is 11.2. The van der Waals surface area contributed by atoms with E-state index >= 15 is 0 Å². The molecule has 0 spiro atoms. The van der Waals surface area contributed by atoms with Crippen LogP contribution in [0.25, 0.3) is 0 Å². The maximum Gasteiger partial charge on any atom is 0.161 e. The SMILES string of the molecule is CC(C)(C)c1ccc(OCCOc2ccc(C(C)(C)C)cc2O)c(O)c1. The monoisotopic (exact) mass is 358 g/mol. The second-order valence-corrected chi connectivity index (χ2v) is 8.56. The van der Waals surface area contributed by atoms with Gasteiger partial charge in [0.2, 0.25) is 0 Å². The molecule has 0 bridgehead atoms. The van der Waals surface area contributed by atoms with Crippen LogP contribution in [0.5, 0.6) is 23.0 Å². The molecule has 4 heteroatoms. The largest absolute Gasteiger partial charge is 0.504 e. The summed E-state index contributed by atoms with van der Waals surface area (Å²) in [5, 5.41) is 20.2. The number of phenols is 2. The molecule has 0 aromatic heterocycles. The van der Waals surface area contributed by atoms with E-state index in [1.807, 2.05) is 12.1 Å². The first-order chi connectivity index (χ1) is 12.0. The lowest BCUT2D eigenvalue weighted by molar-refractivity contribution is 0.207. The Morgan fingerprint density at radius 2 is 1.00 bits per heavy atom. The van der Waals surface area contributed by atoms with Crippen LogP contribution in [0, 0.1) is 0 Å². The highest BCUT2D eigenvalue weighted by Gasteiger charge is 2.17. The molecule has 142 valence electrons. The molecule has 0 aliphatic heterocycles. The van der Waals surface area contributed by atoms with E-state index in [0.29, 0.717) is 11.5 Å². The van der Waals surface area contributed by atoms with Crippen LogP contribution in [0.2, 0.25) is 0 Å². The molecule has 0 fully saturated rings. The molecular weight excluding hydrogens is 328 g/mol. The summed E-state index contributed by atoms with van der Waals surface area (Å²) in [6.07, 6.45) is 0. The lowest BCUT2D eigenvalue weighted by atomic mass is 9.87. The topological polar surface area (TPSA) is 58.9 Å². The molecule has 0 aliphatic rings. The van der Waals surface area contributed by atoms with E-state index in [0.717, 1.165) is 11.1 Å². The Labute approximate surface area is 156 Å². The van der Waals surface area contributed by atoms with Crippen molar-refractivity contribution < 1.29 is 19.7 Å². The highest BCUT2D eigenvalue weighted by molar-refractivity contribution is 5.44. The van der Waals surface area contributed by atoms with Crippen LogP contribution in [0.4, 0.5) is 0 Å². The maximum atomic E-state index is 10.1. The normalized spacial score (nSPS) is 12.1. The smallest absolute Gasteiger partial charge is 0.161 e. The van der Waals surface area contributed by atoms with Crippen LogP contribution in [0.3, 0.4) is 0 Å². The fraction of sp³-hybridized carbons (Fsp3) is 0.455. The van der Waals surface area contributed by atoms with Crippen molar-refractivity contribution in [2.24, 2.45) is 0 Å². The summed E-state index contributed by atoms with van der Waals surface area (Å²) >= 11 is 0. The molecule has 0 amide bonds. The molecule has 0 radical (unpaired) electrons. The van der Waals surface area contributed by atoms with Crippen molar-refractivity contribution >= 4 is 0 Å². The standard InChI is InChI=1S/C22H30O4/c1-21(2,3)15-7-9-19(17(23)13-15)25-11-12-26-20-10-8-16(14-18(20)24)22(4,5)6/h7-10,13-14,23-24H,11-12H2,1-6H3. The van der Waals surface area contributed by atoms with Gasteiger partial charge in [-0.25, -0.2) is 0 Å². The Morgan fingerprint density at radius 3 is 1.27 bits per heavy atom. The first-order valence-corrected chi connectivity index (χ1v) is 8.91. The summed E-state index contributed by atoms with van der Waals surface area (Å²) in [5.74, 6) is 1.09. The predicted octanol–water partition coefficient (Wildman–Crippen LogP) is 5.15. The van der Waals surface area contributed by atoms with E-state index in [2.05, 4.69) is 41.5 Å². The van der Waals surface area contributed by atoms with Gasteiger partial charge in [-0.05, 0) is 46.2 Å². The van der Waals surface area contributed by atoms with Crippen LogP contribution < -0.4 is 9.47 Å². The number of phenolic OH excluding ortho intramolecular Hbond substituents is 2. The van der Waals surface area contributed by atoms with Gasteiger partial charge in [-0.2, -0.15) is 0 Å². The van der Waals surface area contributed by atoms with Gasteiger partial charge in [0.05, 0.1) is 0 Å². The molecule has 0 atom stereocenters. The van der Waals surface area contributed by atoms with E-state index < -0.39 is 0 Å². The molecule has 2 aromatic carbocycles. The van der Waals surface area contributed by atoms with Gasteiger partial charge >= 0.3 is 0 Å². The van der Waals surface area contributed by atoms with E-state index in [1.165, 1.54) is 0 Å². The Bertz CT molecular complexity index is 686. The summed E-state index contributed by atoms with van der Waals surface area (Å²) in [6, 6.07) is 10.9. The molecule has 26 heavy (non-hydrogen) atoms. The molecule has 4 nitrogen and oxygen atoms in total. The summed E-state index contributed by atoms with van der Waals surface area (Å²) in [7, 11) is 0. The van der Waals surface area contributed by atoms with E-state index in [-0.39, 0.29) is 35.5 Å². The minimum atomic E-state index is -0.0319. The first kappa shape index (κ1) is 20.0. The van der Waals surface area contributed by atoms with Crippen molar-refractivity contribution in [3.63, 3.8) is 0 Å². The fourth-order valence-electron chi connectivity index (χ4n) is 2.52. The van der Waals surface area contributed by atoms with Gasteiger partial charge in [0.15, 0.2) is 23.0 Å². The molecule has 2 rings (SSSR count). The second kappa shape index (κ2) is 7.48. The van der Waals surface area contributed by atoms with Crippen LogP contribution in [0.15, 0.2) is 36.4 Å². The molecule has 2 N–H and O–H groups in total. The van der Waals surface area contributed by atoms with Gasteiger partial charge in [-0.3, -0.25) is 0 Å². The maximum absolute atomic E-state index is 10.1. The average molecular weight is 358 g/mol. The third-order valence-electron chi connectivity index (χ3n) is 4.25. The van der Waals surface area contributed by atoms with Gasteiger partial charge in [0.25, 0.3) is 0 Å². The number of hydrogen-bond donors (Lipinski definition) is 2. The Kier molecular flexibility index (Phi) is 5.74. The lowest BCUT2D eigenvalue weighted by Crippen LogP contribution is -2.12. The molecule has 0 unspecified atom stereocenters.